The lowest BCUT2D eigenvalue weighted by Crippen LogP contribution is -2.20. The molecule has 1 heterocycles. The number of carbonyl (C=O) groups is 1. The van der Waals surface area contributed by atoms with E-state index in [1.54, 1.807) is 0 Å². The number of cyclic esters (lactones) is 1. The average Bonchev–Trinajstić information content (AvgIpc) is 2.34. The van der Waals surface area contributed by atoms with Gasteiger partial charge in [-0.25, -0.2) is 0 Å². The highest BCUT2D eigenvalue weighted by Crippen LogP contribution is 2.19. The molecule has 0 aromatic rings. The first-order valence-electron chi connectivity index (χ1n) is 8.02. The van der Waals surface area contributed by atoms with Gasteiger partial charge in [0, 0.05) is 6.42 Å². The van der Waals surface area contributed by atoms with E-state index in [-0.39, 0.29) is 12.1 Å². The van der Waals surface area contributed by atoms with E-state index < -0.39 is 0 Å². The second-order valence-corrected chi connectivity index (χ2v) is 5.62. The van der Waals surface area contributed by atoms with Crippen LogP contribution in [0.15, 0.2) is 0 Å². The minimum absolute atomic E-state index is 0.0302. The molecule has 0 aromatic heterocycles. The number of hydrogen-bond acceptors (Lipinski definition) is 2. The van der Waals surface area contributed by atoms with Crippen molar-refractivity contribution < 1.29 is 9.53 Å². The van der Waals surface area contributed by atoms with Gasteiger partial charge in [-0.05, 0) is 32.1 Å². The number of esters is 1. The molecule has 0 N–H and O–H groups in total. The second kappa shape index (κ2) is 10.4. The standard InChI is InChI=1S/C16H30O2/c1-2-3-4-5-6-7-9-12-15-13-10-8-11-14-16(17)18-15/h15H,2-14H2,1H3. The average molecular weight is 254 g/mol. The number of rotatable bonds is 8. The van der Waals surface area contributed by atoms with Crippen molar-refractivity contribution in [1.82, 2.24) is 0 Å². The molecule has 1 rings (SSSR count). The summed E-state index contributed by atoms with van der Waals surface area (Å²) < 4.78 is 5.50. The maximum absolute atomic E-state index is 11.4. The Morgan fingerprint density at radius 3 is 2.50 bits per heavy atom. The van der Waals surface area contributed by atoms with Crippen LogP contribution in [0, 0.1) is 0 Å². The molecule has 1 fully saturated rings. The van der Waals surface area contributed by atoms with Crippen LogP contribution in [0.3, 0.4) is 0 Å². The van der Waals surface area contributed by atoms with E-state index in [1.165, 1.54) is 57.8 Å². The Kier molecular flexibility index (Phi) is 8.97. The van der Waals surface area contributed by atoms with Crippen LogP contribution >= 0.6 is 0 Å². The van der Waals surface area contributed by atoms with Crippen LogP contribution in [0.5, 0.6) is 0 Å². The van der Waals surface area contributed by atoms with E-state index in [0.29, 0.717) is 6.42 Å². The summed E-state index contributed by atoms with van der Waals surface area (Å²) in [5, 5.41) is 0. The Morgan fingerprint density at radius 2 is 1.72 bits per heavy atom. The fourth-order valence-electron chi connectivity index (χ4n) is 2.65. The van der Waals surface area contributed by atoms with Gasteiger partial charge in [0.25, 0.3) is 0 Å². The Labute approximate surface area is 112 Å². The summed E-state index contributed by atoms with van der Waals surface area (Å²) in [6, 6.07) is 0. The third kappa shape index (κ3) is 7.73. The van der Waals surface area contributed by atoms with Crippen LogP contribution in [-0.2, 0) is 9.53 Å². The Hall–Kier alpha value is -0.530. The zero-order valence-corrected chi connectivity index (χ0v) is 12.1. The van der Waals surface area contributed by atoms with Gasteiger partial charge in [0.2, 0.25) is 0 Å². The van der Waals surface area contributed by atoms with Crippen LogP contribution in [0.2, 0.25) is 0 Å². The summed E-state index contributed by atoms with van der Waals surface area (Å²) in [4.78, 5) is 11.4. The molecule has 0 aliphatic carbocycles. The van der Waals surface area contributed by atoms with Gasteiger partial charge in [0.05, 0.1) is 0 Å². The molecule has 0 saturated carbocycles. The zero-order valence-electron chi connectivity index (χ0n) is 12.1. The molecule has 0 spiro atoms. The number of unbranched alkanes of at least 4 members (excludes halogenated alkanes) is 6. The molecule has 1 unspecified atom stereocenters. The van der Waals surface area contributed by atoms with Crippen LogP contribution in [0.25, 0.3) is 0 Å². The van der Waals surface area contributed by atoms with E-state index in [0.717, 1.165) is 19.3 Å². The van der Waals surface area contributed by atoms with Crippen LogP contribution in [-0.4, -0.2) is 12.1 Å². The van der Waals surface area contributed by atoms with Crippen molar-refractivity contribution in [2.45, 2.75) is 96.5 Å². The van der Waals surface area contributed by atoms with Gasteiger partial charge in [-0.3, -0.25) is 4.79 Å². The van der Waals surface area contributed by atoms with Crippen molar-refractivity contribution >= 4 is 5.97 Å². The molecular formula is C16H30O2. The van der Waals surface area contributed by atoms with E-state index in [9.17, 15) is 4.79 Å². The molecule has 0 bridgehead atoms. The van der Waals surface area contributed by atoms with Crippen molar-refractivity contribution in [2.75, 3.05) is 0 Å². The van der Waals surface area contributed by atoms with E-state index in [1.807, 2.05) is 0 Å². The Morgan fingerprint density at radius 1 is 1.00 bits per heavy atom. The van der Waals surface area contributed by atoms with Gasteiger partial charge < -0.3 is 4.74 Å². The van der Waals surface area contributed by atoms with E-state index in [2.05, 4.69) is 6.92 Å². The maximum atomic E-state index is 11.4. The Balaban J connectivity index is 2.00. The summed E-state index contributed by atoms with van der Waals surface area (Å²) in [7, 11) is 0. The van der Waals surface area contributed by atoms with E-state index >= 15 is 0 Å². The number of hydrogen-bond donors (Lipinski definition) is 0. The summed E-state index contributed by atoms with van der Waals surface area (Å²) in [6.45, 7) is 2.25. The lowest BCUT2D eigenvalue weighted by atomic mass is 10.0. The fraction of sp³-hybridized carbons (Fsp3) is 0.938. The second-order valence-electron chi connectivity index (χ2n) is 5.62. The minimum Gasteiger partial charge on any atom is -0.462 e. The van der Waals surface area contributed by atoms with Gasteiger partial charge >= 0.3 is 5.97 Å². The molecule has 1 atom stereocenters. The first-order valence-corrected chi connectivity index (χ1v) is 8.02. The van der Waals surface area contributed by atoms with Crippen molar-refractivity contribution in [2.24, 2.45) is 0 Å². The van der Waals surface area contributed by atoms with E-state index in [4.69, 9.17) is 4.74 Å². The molecule has 2 nitrogen and oxygen atoms in total. The van der Waals surface area contributed by atoms with Crippen molar-refractivity contribution in [3.8, 4) is 0 Å². The van der Waals surface area contributed by atoms with Gasteiger partial charge in [0.1, 0.15) is 6.10 Å². The molecule has 0 amide bonds. The smallest absolute Gasteiger partial charge is 0.306 e. The Bertz CT molecular complexity index is 213. The number of carbonyl (C=O) groups excluding carboxylic acids is 1. The normalized spacial score (nSPS) is 21.2. The van der Waals surface area contributed by atoms with Gasteiger partial charge in [-0.2, -0.15) is 0 Å². The molecule has 1 saturated heterocycles. The summed E-state index contributed by atoms with van der Waals surface area (Å²) in [5.41, 5.74) is 0. The summed E-state index contributed by atoms with van der Waals surface area (Å²) in [5.74, 6) is 0.0302. The predicted octanol–water partition coefficient (Wildman–Crippen LogP) is 5.00. The quantitative estimate of drug-likeness (QED) is 0.450. The first kappa shape index (κ1) is 15.5. The van der Waals surface area contributed by atoms with Gasteiger partial charge in [-0.15, -0.1) is 0 Å². The zero-order chi connectivity index (χ0) is 13.1. The predicted molar refractivity (Wildman–Crippen MR) is 75.6 cm³/mol. The highest BCUT2D eigenvalue weighted by molar-refractivity contribution is 5.69. The summed E-state index contributed by atoms with van der Waals surface area (Å²) >= 11 is 0. The highest BCUT2D eigenvalue weighted by atomic mass is 16.5. The molecule has 1 aliphatic heterocycles. The van der Waals surface area contributed by atoms with Crippen LogP contribution < -0.4 is 0 Å². The number of ether oxygens (including phenoxy) is 1. The SMILES string of the molecule is CCCCCCCCCC1CCCCCC(=O)O1. The molecule has 0 radical (unpaired) electrons. The minimum atomic E-state index is 0.0302. The summed E-state index contributed by atoms with van der Waals surface area (Å²) in [6.07, 6.45) is 15.8. The van der Waals surface area contributed by atoms with Crippen molar-refractivity contribution in [3.63, 3.8) is 0 Å². The monoisotopic (exact) mass is 254 g/mol. The molecule has 18 heavy (non-hydrogen) atoms. The van der Waals surface area contributed by atoms with Crippen molar-refractivity contribution in [1.29, 1.82) is 0 Å². The third-order valence-electron chi connectivity index (χ3n) is 3.83. The van der Waals surface area contributed by atoms with Gasteiger partial charge in [-0.1, -0.05) is 51.9 Å². The lowest BCUT2D eigenvalue weighted by molar-refractivity contribution is -0.150. The van der Waals surface area contributed by atoms with Crippen molar-refractivity contribution in [3.05, 3.63) is 0 Å². The largest absolute Gasteiger partial charge is 0.462 e. The van der Waals surface area contributed by atoms with Gasteiger partial charge in [0.15, 0.2) is 0 Å². The molecule has 2 heteroatoms. The fourth-order valence-corrected chi connectivity index (χ4v) is 2.65. The molecule has 1 aliphatic rings. The van der Waals surface area contributed by atoms with Crippen LogP contribution in [0.4, 0.5) is 0 Å². The first-order chi connectivity index (χ1) is 8.83. The molecule has 106 valence electrons. The highest BCUT2D eigenvalue weighted by Gasteiger charge is 2.16. The maximum Gasteiger partial charge on any atom is 0.306 e. The molecular weight excluding hydrogens is 224 g/mol. The topological polar surface area (TPSA) is 26.3 Å². The third-order valence-corrected chi connectivity index (χ3v) is 3.83. The van der Waals surface area contributed by atoms with Crippen LogP contribution in [0.1, 0.15) is 90.4 Å². The molecule has 0 aromatic carbocycles. The lowest BCUT2D eigenvalue weighted by Gasteiger charge is -2.20.